The second-order valence-electron chi connectivity index (χ2n) is 6.91. The number of hydrogen-bond donors (Lipinski definition) is 2. The van der Waals surface area contributed by atoms with Crippen molar-refractivity contribution in [1.29, 1.82) is 0 Å². The zero-order valence-electron chi connectivity index (χ0n) is 13.7. The van der Waals surface area contributed by atoms with Crippen molar-refractivity contribution in [1.82, 2.24) is 5.32 Å². The maximum atomic E-state index is 12.7. The summed E-state index contributed by atoms with van der Waals surface area (Å²) in [6.07, 6.45) is 5.18. The zero-order valence-corrected chi connectivity index (χ0v) is 14.6. The molecule has 2 aliphatic carbocycles. The van der Waals surface area contributed by atoms with Gasteiger partial charge < -0.3 is 11.1 Å². The Kier molecular flexibility index (Phi) is 5.83. The van der Waals surface area contributed by atoms with Gasteiger partial charge in [0.05, 0.1) is 4.92 Å². The molecular weight excluding hydrogens is 330 g/mol. The summed E-state index contributed by atoms with van der Waals surface area (Å²) < 4.78 is 0. The second kappa shape index (κ2) is 7.49. The number of nitrogens with one attached hydrogen (secondary N) is 1. The van der Waals surface area contributed by atoms with Crippen LogP contribution >= 0.6 is 12.4 Å². The van der Waals surface area contributed by atoms with E-state index in [1.54, 1.807) is 19.1 Å². The molecule has 7 heteroatoms. The highest BCUT2D eigenvalue weighted by Gasteiger charge is 2.40. The molecule has 24 heavy (non-hydrogen) atoms. The number of rotatable bonds is 3. The molecular formula is C17H24ClN3O3. The summed E-state index contributed by atoms with van der Waals surface area (Å²) in [5.74, 6) is 0.452. The molecule has 0 saturated heterocycles. The van der Waals surface area contributed by atoms with Gasteiger partial charge in [0.1, 0.15) is 5.56 Å². The topological polar surface area (TPSA) is 98.3 Å². The Morgan fingerprint density at radius 3 is 2.50 bits per heavy atom. The van der Waals surface area contributed by atoms with Crippen LogP contribution in [-0.2, 0) is 0 Å². The maximum absolute atomic E-state index is 12.7. The van der Waals surface area contributed by atoms with Gasteiger partial charge in [0, 0.05) is 17.6 Å². The number of nitro benzene ring substituents is 1. The van der Waals surface area contributed by atoms with Gasteiger partial charge in [-0.3, -0.25) is 14.9 Å². The molecule has 1 aromatic carbocycles. The van der Waals surface area contributed by atoms with Crippen molar-refractivity contribution in [2.45, 2.75) is 51.1 Å². The first kappa shape index (κ1) is 18.7. The lowest BCUT2D eigenvalue weighted by Crippen LogP contribution is -2.53. The lowest BCUT2D eigenvalue weighted by Gasteiger charge is -2.45. The Balaban J connectivity index is 0.00000208. The van der Waals surface area contributed by atoms with Crippen LogP contribution in [0.4, 0.5) is 5.69 Å². The Hall–Kier alpha value is -1.66. The average molecular weight is 354 g/mol. The third kappa shape index (κ3) is 3.54. The van der Waals surface area contributed by atoms with E-state index in [-0.39, 0.29) is 41.6 Å². The summed E-state index contributed by atoms with van der Waals surface area (Å²) in [4.78, 5) is 23.5. The highest BCUT2D eigenvalue weighted by atomic mass is 35.5. The summed E-state index contributed by atoms with van der Waals surface area (Å²) in [5, 5.41) is 14.4. The van der Waals surface area contributed by atoms with E-state index >= 15 is 0 Å². The van der Waals surface area contributed by atoms with E-state index in [0.717, 1.165) is 25.7 Å². The highest BCUT2D eigenvalue weighted by molar-refractivity contribution is 5.98. The van der Waals surface area contributed by atoms with Crippen molar-refractivity contribution < 1.29 is 9.72 Å². The van der Waals surface area contributed by atoms with E-state index < -0.39 is 4.92 Å². The number of fused-ring (bicyclic) bond motifs is 2. The van der Waals surface area contributed by atoms with Crippen molar-refractivity contribution >= 4 is 24.0 Å². The molecule has 3 N–H and O–H groups in total. The fourth-order valence-electron chi connectivity index (χ4n) is 4.34. The molecule has 0 spiro atoms. The molecule has 0 heterocycles. The van der Waals surface area contributed by atoms with Gasteiger partial charge in [-0.2, -0.15) is 0 Å². The molecule has 0 radical (unpaired) electrons. The standard InChI is InChI=1S/C17H23N3O3.ClH/c1-10-4-2-7-14(16(10)20(22)23)17(21)19-15-11-5-3-6-12(15)9-13(18)8-11;/h2,4,7,11-13,15H,3,5-6,8-9,18H2,1H3,(H,19,21);1H. The van der Waals surface area contributed by atoms with E-state index in [9.17, 15) is 14.9 Å². The molecule has 0 aromatic heterocycles. The largest absolute Gasteiger partial charge is 0.349 e. The molecule has 6 nitrogen and oxygen atoms in total. The van der Waals surface area contributed by atoms with Crippen LogP contribution in [0, 0.1) is 28.9 Å². The monoisotopic (exact) mass is 353 g/mol. The smallest absolute Gasteiger partial charge is 0.285 e. The fourth-order valence-corrected chi connectivity index (χ4v) is 4.34. The number of aryl methyl sites for hydroxylation is 1. The number of benzene rings is 1. The number of carbonyl (C=O) groups is 1. The van der Waals surface area contributed by atoms with E-state index in [4.69, 9.17) is 5.73 Å². The van der Waals surface area contributed by atoms with Crippen LogP contribution in [0.3, 0.4) is 0 Å². The zero-order chi connectivity index (χ0) is 16.6. The predicted molar refractivity (Wildman–Crippen MR) is 94.4 cm³/mol. The van der Waals surface area contributed by atoms with Crippen molar-refractivity contribution in [3.63, 3.8) is 0 Å². The number of halogens is 1. The number of amides is 1. The van der Waals surface area contributed by atoms with E-state index in [1.165, 1.54) is 12.5 Å². The molecule has 2 unspecified atom stereocenters. The van der Waals surface area contributed by atoms with Crippen LogP contribution in [0.5, 0.6) is 0 Å². The van der Waals surface area contributed by atoms with Crippen molar-refractivity contribution in [2.75, 3.05) is 0 Å². The first-order valence-electron chi connectivity index (χ1n) is 8.28. The molecule has 132 valence electrons. The van der Waals surface area contributed by atoms with Gasteiger partial charge in [0.25, 0.3) is 11.6 Å². The highest BCUT2D eigenvalue weighted by Crippen LogP contribution is 2.40. The first-order chi connectivity index (χ1) is 11.0. The van der Waals surface area contributed by atoms with Gasteiger partial charge >= 0.3 is 0 Å². The van der Waals surface area contributed by atoms with Gasteiger partial charge in [0.15, 0.2) is 0 Å². The molecule has 2 aliphatic rings. The third-order valence-corrected chi connectivity index (χ3v) is 5.34. The third-order valence-electron chi connectivity index (χ3n) is 5.34. The molecule has 2 atom stereocenters. The molecule has 2 fully saturated rings. The maximum Gasteiger partial charge on any atom is 0.285 e. The van der Waals surface area contributed by atoms with Gasteiger partial charge in [-0.25, -0.2) is 0 Å². The Morgan fingerprint density at radius 2 is 1.92 bits per heavy atom. The number of nitro groups is 1. The first-order valence-corrected chi connectivity index (χ1v) is 8.28. The SMILES string of the molecule is Cc1cccc(C(=O)NC2C3CCCC2CC(N)C3)c1[N+](=O)[O-].Cl. The number of para-hydroxylation sites is 1. The summed E-state index contributed by atoms with van der Waals surface area (Å²) in [5.41, 5.74) is 6.68. The number of hydrogen-bond acceptors (Lipinski definition) is 4. The van der Waals surface area contributed by atoms with E-state index in [1.807, 2.05) is 0 Å². The van der Waals surface area contributed by atoms with Crippen LogP contribution in [-0.4, -0.2) is 22.9 Å². The van der Waals surface area contributed by atoms with E-state index in [0.29, 0.717) is 17.4 Å². The fraction of sp³-hybridized carbons (Fsp3) is 0.588. The Bertz CT molecular complexity index is 624. The second-order valence-corrected chi connectivity index (χ2v) is 6.91. The Labute approximate surface area is 147 Å². The molecule has 2 bridgehead atoms. The van der Waals surface area contributed by atoms with Crippen LogP contribution in [0.1, 0.15) is 48.0 Å². The lowest BCUT2D eigenvalue weighted by molar-refractivity contribution is -0.385. The minimum absolute atomic E-state index is 0. The Morgan fingerprint density at radius 1 is 1.29 bits per heavy atom. The summed E-state index contributed by atoms with van der Waals surface area (Å²) in [6, 6.07) is 5.19. The molecule has 2 saturated carbocycles. The molecule has 0 aliphatic heterocycles. The summed E-state index contributed by atoms with van der Waals surface area (Å²) >= 11 is 0. The minimum Gasteiger partial charge on any atom is -0.349 e. The van der Waals surface area contributed by atoms with E-state index in [2.05, 4.69) is 5.32 Å². The minimum atomic E-state index is -0.470. The van der Waals surface area contributed by atoms with Gasteiger partial charge in [-0.05, 0) is 50.5 Å². The number of nitrogens with zero attached hydrogens (tertiary/aromatic N) is 1. The van der Waals surface area contributed by atoms with Gasteiger partial charge in [-0.1, -0.05) is 18.6 Å². The number of nitrogens with two attached hydrogens (primary N) is 1. The van der Waals surface area contributed by atoms with Gasteiger partial charge in [-0.15, -0.1) is 12.4 Å². The van der Waals surface area contributed by atoms with Gasteiger partial charge in [0.2, 0.25) is 0 Å². The number of carbonyl (C=O) groups excluding carboxylic acids is 1. The molecule has 3 rings (SSSR count). The molecule has 1 aromatic rings. The lowest BCUT2D eigenvalue weighted by atomic mass is 9.67. The summed E-state index contributed by atoms with van der Waals surface area (Å²) in [6.45, 7) is 1.66. The van der Waals surface area contributed by atoms with Crippen LogP contribution < -0.4 is 11.1 Å². The quantitative estimate of drug-likeness (QED) is 0.644. The van der Waals surface area contributed by atoms with Crippen LogP contribution in [0.25, 0.3) is 0 Å². The predicted octanol–water partition coefficient (Wildman–Crippen LogP) is 2.96. The van der Waals surface area contributed by atoms with Crippen molar-refractivity contribution in [3.8, 4) is 0 Å². The van der Waals surface area contributed by atoms with Crippen molar-refractivity contribution in [2.24, 2.45) is 17.6 Å². The summed E-state index contributed by atoms with van der Waals surface area (Å²) in [7, 11) is 0. The van der Waals surface area contributed by atoms with Crippen LogP contribution in [0.15, 0.2) is 18.2 Å². The molecule has 1 amide bonds. The normalized spacial score (nSPS) is 28.6. The van der Waals surface area contributed by atoms with Crippen LogP contribution in [0.2, 0.25) is 0 Å². The van der Waals surface area contributed by atoms with Crippen molar-refractivity contribution in [3.05, 3.63) is 39.4 Å². The average Bonchev–Trinajstić information content (AvgIpc) is 2.47.